The van der Waals surface area contributed by atoms with E-state index in [1.54, 1.807) is 0 Å². The van der Waals surface area contributed by atoms with Crippen molar-refractivity contribution in [3.63, 3.8) is 0 Å². The van der Waals surface area contributed by atoms with Gasteiger partial charge in [0.15, 0.2) is 0 Å². The highest BCUT2D eigenvalue weighted by atomic mass is 32.1. The number of likely N-dealkylation sites (N-methyl/N-ethyl adjacent to an activating group) is 1. The second-order valence-electron chi connectivity index (χ2n) is 6.25. The zero-order valence-corrected chi connectivity index (χ0v) is 16.0. The van der Waals surface area contributed by atoms with Crippen LogP contribution in [0.25, 0.3) is 0 Å². The summed E-state index contributed by atoms with van der Waals surface area (Å²) in [6.45, 7) is 10.4. The number of rotatable bonds is 6. The van der Waals surface area contributed by atoms with Crippen LogP contribution in [-0.2, 0) is 11.3 Å². The van der Waals surface area contributed by atoms with Crippen LogP contribution in [0.1, 0.15) is 30.5 Å². The first-order chi connectivity index (χ1) is 10.8. The highest BCUT2D eigenvalue weighted by molar-refractivity contribution is 7.98. The maximum absolute atomic E-state index is 9.47. The van der Waals surface area contributed by atoms with E-state index in [1.165, 1.54) is 16.7 Å². The fraction of sp³-hybridized carbons (Fsp3) is 0.526. The van der Waals surface area contributed by atoms with Gasteiger partial charge >= 0.3 is 0 Å². The lowest BCUT2D eigenvalue weighted by atomic mass is 10.0. The van der Waals surface area contributed by atoms with Crippen molar-refractivity contribution in [2.24, 2.45) is 0 Å². The zero-order chi connectivity index (χ0) is 17.5. The molecule has 128 valence electrons. The van der Waals surface area contributed by atoms with Gasteiger partial charge in [-0.2, -0.15) is 11.4 Å². The number of aryl methyl sites for hydroxylation is 2. The molecule has 0 heterocycles. The molecule has 0 radical (unpaired) electrons. The van der Waals surface area contributed by atoms with E-state index in [-0.39, 0.29) is 10.6 Å². The molecule has 0 amide bonds. The molecule has 4 heteroatoms. The van der Waals surface area contributed by atoms with Gasteiger partial charge < -0.3 is 9.84 Å². The third-order valence-electron chi connectivity index (χ3n) is 4.06. The minimum absolute atomic E-state index is 0.206. The van der Waals surface area contributed by atoms with E-state index < -0.39 is 0 Å². The normalized spacial score (nSPS) is 12.6. The summed E-state index contributed by atoms with van der Waals surface area (Å²) < 4.78 is 5.78. The predicted molar refractivity (Wildman–Crippen MR) is 103 cm³/mol. The van der Waals surface area contributed by atoms with Gasteiger partial charge in [-0.1, -0.05) is 24.1 Å². The first-order valence-electron chi connectivity index (χ1n) is 7.80. The zero-order valence-electron chi connectivity index (χ0n) is 15.1. The molecule has 0 saturated carbocycles. The molecule has 3 nitrogen and oxygen atoms in total. The summed E-state index contributed by atoms with van der Waals surface area (Å²) in [5.74, 6) is 5.92. The van der Waals surface area contributed by atoms with Crippen molar-refractivity contribution in [2.75, 3.05) is 26.5 Å². The third-order valence-corrected chi connectivity index (χ3v) is 4.59. The van der Waals surface area contributed by atoms with Crippen LogP contribution in [-0.4, -0.2) is 47.1 Å². The molecule has 0 fully saturated rings. The fourth-order valence-electron chi connectivity index (χ4n) is 1.92. The number of hydrogen-bond acceptors (Lipinski definition) is 2. The minimum atomic E-state index is -0.303. The Kier molecular flexibility index (Phi) is 8.01. The van der Waals surface area contributed by atoms with Crippen molar-refractivity contribution in [1.29, 1.82) is 0 Å². The largest absolute Gasteiger partial charge is 0.375 e. The summed E-state index contributed by atoms with van der Waals surface area (Å²) in [6.07, 6.45) is 1.86. The molecule has 0 aliphatic carbocycles. The first-order valence-corrected chi connectivity index (χ1v) is 9.14. The number of benzene rings is 1. The number of nitrogens with zero attached hydrogens (tertiary/aromatic N) is 1. The summed E-state index contributed by atoms with van der Waals surface area (Å²) in [4.78, 5) is 2.14. The lowest BCUT2D eigenvalue weighted by Crippen LogP contribution is -2.41. The molecule has 0 saturated heterocycles. The van der Waals surface area contributed by atoms with E-state index in [9.17, 15) is 5.11 Å². The van der Waals surface area contributed by atoms with Crippen LogP contribution in [0.4, 0.5) is 0 Å². The number of hydrogen-bond donors (Lipinski definition) is 2. The van der Waals surface area contributed by atoms with Crippen LogP contribution in [0.3, 0.4) is 0 Å². The van der Waals surface area contributed by atoms with Crippen LogP contribution < -0.4 is 0 Å². The smallest absolute Gasteiger partial charge is 0.145 e. The van der Waals surface area contributed by atoms with Gasteiger partial charge in [-0.05, 0) is 63.6 Å². The molecular weight excluding hydrogens is 306 g/mol. The van der Waals surface area contributed by atoms with Gasteiger partial charge in [0.2, 0.25) is 0 Å². The molecule has 0 aliphatic heterocycles. The Hall–Kier alpha value is -1.12. The van der Waals surface area contributed by atoms with E-state index in [0.29, 0.717) is 13.2 Å². The van der Waals surface area contributed by atoms with Crippen molar-refractivity contribution in [2.45, 2.75) is 39.8 Å². The third kappa shape index (κ3) is 6.88. The van der Waals surface area contributed by atoms with Crippen LogP contribution in [0.5, 0.6) is 0 Å². The molecule has 0 spiro atoms. The highest BCUT2D eigenvalue weighted by Crippen LogP contribution is 2.12. The fourth-order valence-corrected chi connectivity index (χ4v) is 2.09. The Morgan fingerprint density at radius 3 is 2.61 bits per heavy atom. The lowest BCUT2D eigenvalue weighted by molar-refractivity contribution is 0.0815. The highest BCUT2D eigenvalue weighted by Gasteiger charge is 2.20. The molecule has 1 aromatic carbocycles. The second kappa shape index (κ2) is 9.24. The molecule has 1 N–H and O–H groups in total. The van der Waals surface area contributed by atoms with E-state index >= 15 is 0 Å². The van der Waals surface area contributed by atoms with Crippen molar-refractivity contribution in [3.8, 4) is 11.8 Å². The van der Waals surface area contributed by atoms with E-state index in [2.05, 4.69) is 48.8 Å². The Morgan fingerprint density at radius 2 is 2.00 bits per heavy atom. The number of thiol groups is 1. The molecule has 0 atom stereocenters. The Labute approximate surface area is 144 Å². The lowest BCUT2D eigenvalue weighted by Gasteiger charge is -2.30. The second-order valence-corrected chi connectivity index (χ2v) is 7.12. The number of aliphatic hydroxyl groups excluding tert-OH is 1. The van der Waals surface area contributed by atoms with Crippen LogP contribution in [0.2, 0.25) is 0 Å². The monoisotopic (exact) mass is 335 g/mol. The SMILES string of the molecule is C[SH]=C(O)C#CC(C)(C)N(C)CCOCc1ccc(C)c(C)c1. The van der Waals surface area contributed by atoms with Gasteiger partial charge in [-0.3, -0.25) is 4.90 Å². The summed E-state index contributed by atoms with van der Waals surface area (Å²) in [5.41, 5.74) is 3.50. The molecule has 0 bridgehead atoms. The average Bonchev–Trinajstić information content (AvgIpc) is 2.52. The summed E-state index contributed by atoms with van der Waals surface area (Å²) in [7, 11) is 2.02. The predicted octanol–water partition coefficient (Wildman–Crippen LogP) is 3.32. The van der Waals surface area contributed by atoms with Crippen molar-refractivity contribution >= 4 is 16.4 Å². The standard InChI is InChI=1S/C19H29NO2S/c1-15-7-8-17(13-16(15)2)14-22-12-11-20(5)19(3,4)10-9-18(21)23-6/h7-8,13,21,23H,11-12,14H2,1-6H3. The summed E-state index contributed by atoms with van der Waals surface area (Å²) in [5, 5.41) is 9.68. The molecule has 0 aliphatic rings. The quantitative estimate of drug-likeness (QED) is 0.362. The average molecular weight is 336 g/mol. The van der Waals surface area contributed by atoms with Gasteiger partial charge in [-0.25, -0.2) is 0 Å². The van der Waals surface area contributed by atoms with Crippen LogP contribution in [0, 0.1) is 25.7 Å². The van der Waals surface area contributed by atoms with Gasteiger partial charge in [-0.15, -0.1) is 0 Å². The van der Waals surface area contributed by atoms with E-state index in [4.69, 9.17) is 4.74 Å². The number of aliphatic hydroxyl groups is 1. The van der Waals surface area contributed by atoms with Crippen molar-refractivity contribution < 1.29 is 9.84 Å². The molecule has 23 heavy (non-hydrogen) atoms. The Balaban J connectivity index is 2.44. The van der Waals surface area contributed by atoms with Gasteiger partial charge in [0.25, 0.3) is 0 Å². The molecule has 1 aromatic rings. The Bertz CT molecular complexity index is 612. The molecule has 0 aromatic heterocycles. The number of ether oxygens (including phenoxy) is 1. The Morgan fingerprint density at radius 1 is 1.30 bits per heavy atom. The molecular formula is C19H29NO2S. The maximum Gasteiger partial charge on any atom is 0.145 e. The minimum Gasteiger partial charge on any atom is -0.375 e. The van der Waals surface area contributed by atoms with Crippen LogP contribution >= 0.6 is 11.4 Å². The van der Waals surface area contributed by atoms with E-state index in [0.717, 1.165) is 17.9 Å². The summed E-state index contributed by atoms with van der Waals surface area (Å²) in [6, 6.07) is 6.43. The maximum atomic E-state index is 9.47. The summed E-state index contributed by atoms with van der Waals surface area (Å²) >= 11 is 0.801. The van der Waals surface area contributed by atoms with Crippen molar-refractivity contribution in [3.05, 3.63) is 34.9 Å². The van der Waals surface area contributed by atoms with Gasteiger partial charge in [0, 0.05) is 6.54 Å². The topological polar surface area (TPSA) is 32.7 Å². The van der Waals surface area contributed by atoms with Gasteiger partial charge in [0.1, 0.15) is 5.05 Å². The van der Waals surface area contributed by atoms with E-state index in [1.807, 2.05) is 27.2 Å². The molecule has 0 unspecified atom stereocenters. The van der Waals surface area contributed by atoms with Gasteiger partial charge in [0.05, 0.1) is 18.8 Å². The van der Waals surface area contributed by atoms with Crippen molar-refractivity contribution in [1.82, 2.24) is 4.90 Å². The van der Waals surface area contributed by atoms with Crippen LogP contribution in [0.15, 0.2) is 18.2 Å². The molecule has 1 rings (SSSR count). The first kappa shape index (κ1) is 19.9.